The van der Waals surface area contributed by atoms with Crippen LogP contribution in [0.25, 0.3) is 0 Å². The van der Waals surface area contributed by atoms with Crippen molar-refractivity contribution in [2.75, 3.05) is 36.4 Å². The highest BCUT2D eigenvalue weighted by atomic mass is 16.3. The van der Waals surface area contributed by atoms with Crippen LogP contribution in [0.5, 0.6) is 5.75 Å². The van der Waals surface area contributed by atoms with E-state index in [1.54, 1.807) is 6.07 Å². The second kappa shape index (κ2) is 8.01. The number of carbonyl (C=O) groups excluding carboxylic acids is 1. The van der Waals surface area contributed by atoms with Gasteiger partial charge in [-0.1, -0.05) is 29.8 Å². The summed E-state index contributed by atoms with van der Waals surface area (Å²) in [5.74, 6) is 0.336. The molecule has 2 aromatic rings. The van der Waals surface area contributed by atoms with Crippen molar-refractivity contribution in [3.05, 3.63) is 53.1 Å². The van der Waals surface area contributed by atoms with Gasteiger partial charge in [-0.05, 0) is 51.0 Å². The number of hydrogen-bond acceptors (Lipinski definition) is 4. The molecule has 1 aliphatic rings. The molecule has 5 heteroatoms. The zero-order chi connectivity index (χ0) is 19.6. The molecule has 0 aliphatic carbocycles. The molecule has 0 saturated carbocycles. The summed E-state index contributed by atoms with van der Waals surface area (Å²) in [5, 5.41) is 13.2. The minimum Gasteiger partial charge on any atom is -0.506 e. The third kappa shape index (κ3) is 4.25. The maximum absolute atomic E-state index is 12.8. The number of para-hydroxylation sites is 2. The normalized spacial score (nSPS) is 16.2. The lowest BCUT2D eigenvalue weighted by atomic mass is 10.0. The lowest BCUT2D eigenvalue weighted by Crippen LogP contribution is -2.52. The van der Waals surface area contributed by atoms with Gasteiger partial charge >= 0.3 is 0 Å². The predicted octanol–water partition coefficient (Wildman–Crippen LogP) is 3.47. The van der Waals surface area contributed by atoms with Crippen LogP contribution < -0.4 is 10.2 Å². The van der Waals surface area contributed by atoms with Gasteiger partial charge in [0.25, 0.3) is 0 Å². The lowest BCUT2D eigenvalue weighted by Gasteiger charge is -2.38. The lowest BCUT2D eigenvalue weighted by molar-refractivity contribution is -0.120. The summed E-state index contributed by atoms with van der Waals surface area (Å²) in [4.78, 5) is 17.2. The minimum absolute atomic E-state index is 0.0288. The Labute approximate surface area is 161 Å². The number of nitrogens with one attached hydrogen (secondary N) is 1. The number of benzene rings is 2. The number of anilines is 2. The Bertz CT molecular complexity index is 803. The maximum atomic E-state index is 12.8. The molecule has 1 fully saturated rings. The SMILES string of the molecule is Cc1cc(C)c(NC(=O)[C@@H](C)N2CCN(c3ccccc3O)CC2)c(C)c1. The Kier molecular flexibility index (Phi) is 5.71. The third-order valence-electron chi connectivity index (χ3n) is 5.39. The molecule has 0 bridgehead atoms. The molecule has 1 heterocycles. The fourth-order valence-corrected chi connectivity index (χ4v) is 3.85. The van der Waals surface area contributed by atoms with Crippen LogP contribution >= 0.6 is 0 Å². The van der Waals surface area contributed by atoms with E-state index in [1.807, 2.05) is 39.0 Å². The van der Waals surface area contributed by atoms with Crippen LogP contribution in [0.15, 0.2) is 36.4 Å². The summed E-state index contributed by atoms with van der Waals surface area (Å²) in [6, 6.07) is 11.4. The maximum Gasteiger partial charge on any atom is 0.241 e. The fraction of sp³-hybridized carbons (Fsp3) is 0.409. The summed E-state index contributed by atoms with van der Waals surface area (Å²) < 4.78 is 0. The van der Waals surface area contributed by atoms with Crippen molar-refractivity contribution in [1.29, 1.82) is 0 Å². The van der Waals surface area contributed by atoms with Crippen molar-refractivity contribution in [1.82, 2.24) is 4.90 Å². The smallest absolute Gasteiger partial charge is 0.241 e. The summed E-state index contributed by atoms with van der Waals surface area (Å²) >= 11 is 0. The Balaban J connectivity index is 1.61. The summed E-state index contributed by atoms with van der Waals surface area (Å²) in [5.41, 5.74) is 5.18. The first-order valence-corrected chi connectivity index (χ1v) is 9.52. The fourth-order valence-electron chi connectivity index (χ4n) is 3.85. The Morgan fingerprint density at radius 2 is 1.63 bits per heavy atom. The quantitative estimate of drug-likeness (QED) is 0.869. The number of rotatable bonds is 4. The monoisotopic (exact) mass is 367 g/mol. The van der Waals surface area contributed by atoms with Gasteiger partial charge in [0.2, 0.25) is 5.91 Å². The Morgan fingerprint density at radius 3 is 2.22 bits per heavy atom. The van der Waals surface area contributed by atoms with E-state index in [-0.39, 0.29) is 11.9 Å². The summed E-state index contributed by atoms with van der Waals surface area (Å²) in [6.45, 7) is 11.2. The van der Waals surface area contributed by atoms with E-state index in [9.17, 15) is 9.90 Å². The first kappa shape index (κ1) is 19.2. The number of amides is 1. The number of phenolic OH excluding ortho intramolecular Hbond substituents is 1. The number of aryl methyl sites for hydroxylation is 3. The minimum atomic E-state index is -0.198. The zero-order valence-electron chi connectivity index (χ0n) is 16.6. The average Bonchev–Trinajstić information content (AvgIpc) is 2.64. The van der Waals surface area contributed by atoms with Crippen molar-refractivity contribution in [2.24, 2.45) is 0 Å². The van der Waals surface area contributed by atoms with Crippen molar-refractivity contribution in [2.45, 2.75) is 33.7 Å². The van der Waals surface area contributed by atoms with Gasteiger partial charge in [0.1, 0.15) is 5.75 Å². The molecule has 144 valence electrons. The first-order valence-electron chi connectivity index (χ1n) is 9.52. The van der Waals surface area contributed by atoms with Crippen LogP contribution in [-0.2, 0) is 4.79 Å². The number of nitrogens with zero attached hydrogens (tertiary/aromatic N) is 2. The molecule has 5 nitrogen and oxygen atoms in total. The van der Waals surface area contributed by atoms with Crippen LogP contribution in [0.4, 0.5) is 11.4 Å². The van der Waals surface area contributed by atoms with Gasteiger partial charge in [-0.2, -0.15) is 0 Å². The van der Waals surface area contributed by atoms with E-state index in [0.717, 1.165) is 48.7 Å². The van der Waals surface area contributed by atoms with Gasteiger partial charge in [-0.15, -0.1) is 0 Å². The van der Waals surface area contributed by atoms with Gasteiger partial charge in [0.15, 0.2) is 0 Å². The molecule has 1 amide bonds. The molecule has 0 unspecified atom stereocenters. The van der Waals surface area contributed by atoms with E-state index in [0.29, 0.717) is 5.75 Å². The van der Waals surface area contributed by atoms with E-state index in [4.69, 9.17) is 0 Å². The topological polar surface area (TPSA) is 55.8 Å². The highest BCUT2D eigenvalue weighted by Gasteiger charge is 2.27. The van der Waals surface area contributed by atoms with Gasteiger partial charge in [-0.25, -0.2) is 0 Å². The van der Waals surface area contributed by atoms with Crippen LogP contribution in [0, 0.1) is 20.8 Å². The van der Waals surface area contributed by atoms with Crippen LogP contribution in [0.1, 0.15) is 23.6 Å². The molecular weight excluding hydrogens is 338 g/mol. The Morgan fingerprint density at radius 1 is 1.04 bits per heavy atom. The number of phenols is 1. The van der Waals surface area contributed by atoms with Crippen molar-refractivity contribution >= 4 is 17.3 Å². The van der Waals surface area contributed by atoms with E-state index in [2.05, 4.69) is 34.2 Å². The third-order valence-corrected chi connectivity index (χ3v) is 5.39. The van der Waals surface area contributed by atoms with Crippen molar-refractivity contribution in [3.8, 4) is 5.75 Å². The van der Waals surface area contributed by atoms with E-state index in [1.165, 1.54) is 5.56 Å². The molecule has 0 radical (unpaired) electrons. The van der Waals surface area contributed by atoms with Crippen LogP contribution in [0.2, 0.25) is 0 Å². The highest BCUT2D eigenvalue weighted by molar-refractivity contribution is 5.96. The number of piperazine rings is 1. The largest absolute Gasteiger partial charge is 0.506 e. The average molecular weight is 367 g/mol. The second-order valence-electron chi connectivity index (χ2n) is 7.45. The van der Waals surface area contributed by atoms with Crippen molar-refractivity contribution in [3.63, 3.8) is 0 Å². The zero-order valence-corrected chi connectivity index (χ0v) is 16.6. The Hall–Kier alpha value is -2.53. The van der Waals surface area contributed by atoms with Crippen molar-refractivity contribution < 1.29 is 9.90 Å². The molecular formula is C22H29N3O2. The standard InChI is InChI=1S/C22H29N3O2/c1-15-13-16(2)21(17(3)14-15)23-22(27)18(4)24-9-11-25(12-10-24)19-7-5-6-8-20(19)26/h5-8,13-14,18,26H,9-12H2,1-4H3,(H,23,27)/t18-/m1/s1. The first-order chi connectivity index (χ1) is 12.9. The van der Waals surface area contributed by atoms with Gasteiger partial charge < -0.3 is 15.3 Å². The second-order valence-corrected chi connectivity index (χ2v) is 7.45. The van der Waals surface area contributed by atoms with E-state index >= 15 is 0 Å². The molecule has 1 atom stereocenters. The number of aromatic hydroxyl groups is 1. The molecule has 2 N–H and O–H groups in total. The molecule has 27 heavy (non-hydrogen) atoms. The van der Waals surface area contributed by atoms with E-state index < -0.39 is 0 Å². The van der Waals surface area contributed by atoms with Gasteiger partial charge in [0.05, 0.1) is 11.7 Å². The predicted molar refractivity (Wildman–Crippen MR) is 111 cm³/mol. The molecule has 2 aromatic carbocycles. The van der Waals surface area contributed by atoms with Crippen LogP contribution in [0.3, 0.4) is 0 Å². The molecule has 0 aromatic heterocycles. The highest BCUT2D eigenvalue weighted by Crippen LogP contribution is 2.28. The van der Waals surface area contributed by atoms with Crippen LogP contribution in [-0.4, -0.2) is 48.1 Å². The summed E-state index contributed by atoms with van der Waals surface area (Å²) in [6.07, 6.45) is 0. The number of carbonyl (C=O) groups is 1. The molecule has 3 rings (SSSR count). The molecule has 1 aliphatic heterocycles. The number of hydrogen-bond donors (Lipinski definition) is 2. The summed E-state index contributed by atoms with van der Waals surface area (Å²) in [7, 11) is 0. The molecule has 1 saturated heterocycles. The van der Waals surface area contributed by atoms with Gasteiger partial charge in [-0.3, -0.25) is 9.69 Å². The van der Waals surface area contributed by atoms with Gasteiger partial charge in [0, 0.05) is 31.9 Å². The molecule has 0 spiro atoms.